The van der Waals surface area contributed by atoms with E-state index in [1.54, 1.807) is 7.05 Å². The summed E-state index contributed by atoms with van der Waals surface area (Å²) in [5.41, 5.74) is 1.42. The lowest BCUT2D eigenvalue weighted by Crippen LogP contribution is -2.26. The fourth-order valence-corrected chi connectivity index (χ4v) is 1.37. The molecule has 1 aromatic carbocycles. The lowest BCUT2D eigenvalue weighted by atomic mass is 10.1. The van der Waals surface area contributed by atoms with Crippen LogP contribution >= 0.6 is 0 Å². The van der Waals surface area contributed by atoms with Crippen molar-refractivity contribution in [2.24, 2.45) is 0 Å². The van der Waals surface area contributed by atoms with Gasteiger partial charge in [-0.25, -0.2) is 0 Å². The first-order valence-electron chi connectivity index (χ1n) is 5.07. The third-order valence-electron chi connectivity index (χ3n) is 1.94. The van der Waals surface area contributed by atoms with Gasteiger partial charge in [0.25, 0.3) is 5.69 Å². The van der Waals surface area contributed by atoms with Gasteiger partial charge in [0, 0.05) is 36.1 Å². The van der Waals surface area contributed by atoms with Crippen LogP contribution in [0.25, 0.3) is 0 Å². The maximum Gasteiger partial charge on any atom is 0.273 e. The fourth-order valence-electron chi connectivity index (χ4n) is 1.37. The van der Waals surface area contributed by atoms with Gasteiger partial charge in [0.2, 0.25) is 0 Å². The lowest BCUT2D eigenvalue weighted by Gasteiger charge is -2.22. The third kappa shape index (κ3) is 3.42. The van der Waals surface area contributed by atoms with E-state index in [0.29, 0.717) is 0 Å². The van der Waals surface area contributed by atoms with E-state index in [0.717, 1.165) is 11.4 Å². The van der Waals surface area contributed by atoms with Crippen LogP contribution in [-0.4, -0.2) is 17.5 Å². The number of benzene rings is 1. The average molecular weight is 223 g/mol. The molecule has 0 aliphatic heterocycles. The SMILES string of the molecule is CNc1cc(NC(C)(C)C)cc([N+](=O)[O-])c1. The van der Waals surface area contributed by atoms with Crippen LogP contribution in [0.15, 0.2) is 18.2 Å². The molecule has 0 aliphatic carbocycles. The summed E-state index contributed by atoms with van der Waals surface area (Å²) >= 11 is 0. The zero-order valence-electron chi connectivity index (χ0n) is 10.00. The molecule has 0 fully saturated rings. The van der Waals surface area contributed by atoms with Gasteiger partial charge in [-0.3, -0.25) is 10.1 Å². The number of nitrogens with zero attached hydrogens (tertiary/aromatic N) is 1. The molecule has 0 aliphatic rings. The molecule has 0 saturated carbocycles. The second-order valence-electron chi connectivity index (χ2n) is 4.65. The van der Waals surface area contributed by atoms with Gasteiger partial charge < -0.3 is 10.6 Å². The van der Waals surface area contributed by atoms with E-state index in [9.17, 15) is 10.1 Å². The summed E-state index contributed by atoms with van der Waals surface area (Å²) in [6.45, 7) is 6.01. The molecule has 0 bridgehead atoms. The second kappa shape index (κ2) is 4.38. The van der Waals surface area contributed by atoms with Crippen molar-refractivity contribution in [2.75, 3.05) is 17.7 Å². The first-order valence-corrected chi connectivity index (χ1v) is 5.07. The Bertz CT molecular complexity index is 397. The molecular weight excluding hydrogens is 206 g/mol. The van der Waals surface area contributed by atoms with E-state index in [4.69, 9.17) is 0 Å². The Morgan fingerprint density at radius 3 is 2.19 bits per heavy atom. The molecule has 5 heteroatoms. The largest absolute Gasteiger partial charge is 0.388 e. The van der Waals surface area contributed by atoms with Gasteiger partial charge in [-0.2, -0.15) is 0 Å². The number of nitrogens with one attached hydrogen (secondary N) is 2. The van der Waals surface area contributed by atoms with E-state index in [1.807, 2.05) is 26.8 Å². The number of non-ortho nitro benzene ring substituents is 1. The summed E-state index contributed by atoms with van der Waals surface area (Å²) in [5, 5.41) is 16.8. The zero-order chi connectivity index (χ0) is 12.3. The number of nitro groups is 1. The Morgan fingerprint density at radius 2 is 1.75 bits per heavy atom. The molecule has 0 unspecified atom stereocenters. The number of rotatable bonds is 3. The summed E-state index contributed by atoms with van der Waals surface area (Å²) in [5.74, 6) is 0. The summed E-state index contributed by atoms with van der Waals surface area (Å²) in [4.78, 5) is 10.3. The van der Waals surface area contributed by atoms with Gasteiger partial charge in [-0.15, -0.1) is 0 Å². The molecule has 1 rings (SSSR count). The third-order valence-corrected chi connectivity index (χ3v) is 1.94. The molecule has 1 aromatic rings. The molecule has 0 amide bonds. The lowest BCUT2D eigenvalue weighted by molar-refractivity contribution is -0.384. The highest BCUT2D eigenvalue weighted by atomic mass is 16.6. The van der Waals surface area contributed by atoms with Gasteiger partial charge >= 0.3 is 0 Å². The summed E-state index contributed by atoms with van der Waals surface area (Å²) < 4.78 is 0. The number of nitro benzene ring substituents is 1. The topological polar surface area (TPSA) is 67.2 Å². The molecule has 0 radical (unpaired) electrons. The predicted octanol–water partition coefficient (Wildman–Crippen LogP) is 2.85. The standard InChI is InChI=1S/C11H17N3O2/c1-11(2,3)13-9-5-8(12-4)6-10(7-9)14(15)16/h5-7,12-13H,1-4H3. The molecule has 0 heterocycles. The highest BCUT2D eigenvalue weighted by Crippen LogP contribution is 2.25. The van der Waals surface area contributed by atoms with Gasteiger partial charge in [-0.1, -0.05) is 0 Å². The number of anilines is 2. The molecule has 0 aromatic heterocycles. The van der Waals surface area contributed by atoms with Crippen molar-refractivity contribution in [1.82, 2.24) is 0 Å². The summed E-state index contributed by atoms with van der Waals surface area (Å²) in [7, 11) is 1.74. The van der Waals surface area contributed by atoms with Crippen molar-refractivity contribution in [2.45, 2.75) is 26.3 Å². The van der Waals surface area contributed by atoms with E-state index < -0.39 is 4.92 Å². The van der Waals surface area contributed by atoms with Crippen LogP contribution in [-0.2, 0) is 0 Å². The smallest absolute Gasteiger partial charge is 0.273 e. The minimum atomic E-state index is -0.394. The summed E-state index contributed by atoms with van der Waals surface area (Å²) in [6, 6.07) is 4.89. The fraction of sp³-hybridized carbons (Fsp3) is 0.455. The molecule has 5 nitrogen and oxygen atoms in total. The quantitative estimate of drug-likeness (QED) is 0.610. The molecule has 0 atom stereocenters. The van der Waals surface area contributed by atoms with Crippen LogP contribution < -0.4 is 10.6 Å². The van der Waals surface area contributed by atoms with E-state index in [1.165, 1.54) is 12.1 Å². The van der Waals surface area contributed by atoms with Crippen LogP contribution in [0.3, 0.4) is 0 Å². The highest BCUT2D eigenvalue weighted by Gasteiger charge is 2.13. The summed E-state index contributed by atoms with van der Waals surface area (Å²) in [6.07, 6.45) is 0. The molecule has 2 N–H and O–H groups in total. The van der Waals surface area contributed by atoms with Crippen LogP contribution in [0.1, 0.15) is 20.8 Å². The minimum absolute atomic E-state index is 0.0820. The molecule has 88 valence electrons. The van der Waals surface area contributed by atoms with Crippen LogP contribution in [0.4, 0.5) is 17.1 Å². The predicted molar refractivity (Wildman–Crippen MR) is 66.0 cm³/mol. The van der Waals surface area contributed by atoms with E-state index in [-0.39, 0.29) is 11.2 Å². The maximum absolute atomic E-state index is 10.7. The highest BCUT2D eigenvalue weighted by molar-refractivity contribution is 5.63. The maximum atomic E-state index is 10.7. The normalized spacial score (nSPS) is 11.0. The van der Waals surface area contributed by atoms with Crippen molar-refractivity contribution in [3.8, 4) is 0 Å². The minimum Gasteiger partial charge on any atom is -0.388 e. The van der Waals surface area contributed by atoms with Crippen LogP contribution in [0.5, 0.6) is 0 Å². The van der Waals surface area contributed by atoms with Crippen molar-refractivity contribution < 1.29 is 4.92 Å². The number of hydrogen-bond donors (Lipinski definition) is 2. The Kier molecular flexibility index (Phi) is 3.37. The van der Waals surface area contributed by atoms with Gasteiger partial charge in [0.15, 0.2) is 0 Å². The van der Waals surface area contributed by atoms with Gasteiger partial charge in [-0.05, 0) is 26.8 Å². The zero-order valence-corrected chi connectivity index (χ0v) is 10.00. The van der Waals surface area contributed by atoms with Crippen molar-refractivity contribution >= 4 is 17.1 Å². The monoisotopic (exact) mass is 223 g/mol. The number of hydrogen-bond acceptors (Lipinski definition) is 4. The Labute approximate surface area is 95.0 Å². The molecule has 0 saturated heterocycles. The van der Waals surface area contributed by atoms with Crippen molar-refractivity contribution in [3.05, 3.63) is 28.3 Å². The Hall–Kier alpha value is -1.78. The van der Waals surface area contributed by atoms with Gasteiger partial charge in [0.1, 0.15) is 0 Å². The molecular formula is C11H17N3O2. The second-order valence-corrected chi connectivity index (χ2v) is 4.65. The van der Waals surface area contributed by atoms with Crippen molar-refractivity contribution in [1.29, 1.82) is 0 Å². The molecule has 0 spiro atoms. The Morgan fingerprint density at radius 1 is 1.19 bits per heavy atom. The van der Waals surface area contributed by atoms with E-state index in [2.05, 4.69) is 10.6 Å². The first-order chi connectivity index (χ1) is 7.31. The first kappa shape index (κ1) is 12.3. The van der Waals surface area contributed by atoms with Gasteiger partial charge in [0.05, 0.1) is 4.92 Å². The average Bonchev–Trinajstić information content (AvgIpc) is 2.14. The van der Waals surface area contributed by atoms with Crippen LogP contribution in [0.2, 0.25) is 0 Å². The van der Waals surface area contributed by atoms with Crippen LogP contribution in [0, 0.1) is 10.1 Å². The van der Waals surface area contributed by atoms with Crippen molar-refractivity contribution in [3.63, 3.8) is 0 Å². The Balaban J connectivity index is 3.09. The van der Waals surface area contributed by atoms with E-state index >= 15 is 0 Å². The molecule has 16 heavy (non-hydrogen) atoms.